The summed E-state index contributed by atoms with van der Waals surface area (Å²) in [6, 6.07) is 18.8. The van der Waals surface area contributed by atoms with Crippen molar-refractivity contribution in [2.75, 3.05) is 0 Å². The summed E-state index contributed by atoms with van der Waals surface area (Å²) in [7, 11) is 0. The third-order valence-corrected chi connectivity index (χ3v) is 3.41. The highest BCUT2D eigenvalue weighted by Crippen LogP contribution is 2.21. The van der Waals surface area contributed by atoms with E-state index in [2.05, 4.69) is 67.5 Å². The molecule has 1 aromatic heterocycles. The minimum Gasteiger partial charge on any atom is -0.360 e. The van der Waals surface area contributed by atoms with Crippen molar-refractivity contribution < 1.29 is 4.52 Å². The quantitative estimate of drug-likeness (QED) is 0.693. The molecule has 0 saturated carbocycles. The van der Waals surface area contributed by atoms with Crippen molar-refractivity contribution >= 4 is 0 Å². The van der Waals surface area contributed by atoms with Gasteiger partial charge in [0.05, 0.1) is 0 Å². The molecule has 3 rings (SSSR count). The third kappa shape index (κ3) is 2.80. The molecule has 0 N–H and O–H groups in total. The molecule has 2 aromatic carbocycles. The number of hydrogen-bond acceptors (Lipinski definition) is 2. The average molecular weight is 263 g/mol. The smallest absolute Gasteiger partial charge is 0.141 e. The summed E-state index contributed by atoms with van der Waals surface area (Å²) in [4.78, 5) is 0. The van der Waals surface area contributed by atoms with E-state index in [0.717, 1.165) is 23.4 Å². The maximum Gasteiger partial charge on any atom is 0.141 e. The van der Waals surface area contributed by atoms with Crippen LogP contribution < -0.4 is 0 Å². The number of benzene rings is 2. The van der Waals surface area contributed by atoms with E-state index < -0.39 is 0 Å². The number of aromatic nitrogens is 1. The molecule has 0 aliphatic rings. The van der Waals surface area contributed by atoms with Crippen LogP contribution in [0, 0.1) is 13.8 Å². The first kappa shape index (κ1) is 12.7. The van der Waals surface area contributed by atoms with Crippen LogP contribution in [-0.2, 0) is 6.42 Å². The second kappa shape index (κ2) is 5.33. The van der Waals surface area contributed by atoms with E-state index in [4.69, 9.17) is 4.52 Å². The molecule has 20 heavy (non-hydrogen) atoms. The predicted molar refractivity (Wildman–Crippen MR) is 80.7 cm³/mol. The first-order chi connectivity index (χ1) is 9.70. The summed E-state index contributed by atoms with van der Waals surface area (Å²) in [6.07, 6.45) is 0.777. The van der Waals surface area contributed by atoms with Gasteiger partial charge in [0.25, 0.3) is 0 Å². The van der Waals surface area contributed by atoms with Gasteiger partial charge in [-0.2, -0.15) is 0 Å². The summed E-state index contributed by atoms with van der Waals surface area (Å²) in [5.41, 5.74) is 5.74. The predicted octanol–water partition coefficient (Wildman–Crippen LogP) is 4.55. The largest absolute Gasteiger partial charge is 0.360 e. The Kier molecular flexibility index (Phi) is 3.38. The van der Waals surface area contributed by atoms with Gasteiger partial charge in [-0.3, -0.25) is 0 Å². The Morgan fingerprint density at radius 1 is 0.850 bits per heavy atom. The molecule has 0 unspecified atom stereocenters. The van der Waals surface area contributed by atoms with Crippen LogP contribution >= 0.6 is 0 Å². The molecule has 1 heterocycles. The number of rotatable bonds is 3. The van der Waals surface area contributed by atoms with Gasteiger partial charge in [-0.1, -0.05) is 64.8 Å². The van der Waals surface area contributed by atoms with Crippen molar-refractivity contribution in [3.63, 3.8) is 0 Å². The second-order valence-corrected chi connectivity index (χ2v) is 5.21. The van der Waals surface area contributed by atoms with E-state index in [9.17, 15) is 0 Å². The zero-order chi connectivity index (χ0) is 13.9. The molecule has 0 aliphatic heterocycles. The van der Waals surface area contributed by atoms with E-state index in [0.29, 0.717) is 0 Å². The Morgan fingerprint density at radius 2 is 1.45 bits per heavy atom. The summed E-state index contributed by atoms with van der Waals surface area (Å²) in [5, 5.41) is 4.15. The van der Waals surface area contributed by atoms with Crippen LogP contribution in [0.3, 0.4) is 0 Å². The molecule has 3 aromatic rings. The molecule has 0 radical (unpaired) electrons. The van der Waals surface area contributed by atoms with Gasteiger partial charge in [0, 0.05) is 18.1 Å². The molecule has 0 atom stereocenters. The highest BCUT2D eigenvalue weighted by Gasteiger charge is 2.07. The van der Waals surface area contributed by atoms with Crippen molar-refractivity contribution in [2.45, 2.75) is 20.3 Å². The van der Waals surface area contributed by atoms with E-state index in [-0.39, 0.29) is 0 Å². The fourth-order valence-electron chi connectivity index (χ4n) is 2.16. The van der Waals surface area contributed by atoms with Crippen molar-refractivity contribution in [1.82, 2.24) is 5.16 Å². The van der Waals surface area contributed by atoms with Crippen molar-refractivity contribution in [3.8, 4) is 11.3 Å². The summed E-state index contributed by atoms with van der Waals surface area (Å²) in [6.45, 7) is 4.17. The molecule has 2 nitrogen and oxygen atoms in total. The van der Waals surface area contributed by atoms with Crippen molar-refractivity contribution in [1.29, 1.82) is 0 Å². The van der Waals surface area contributed by atoms with Crippen LogP contribution in [0.15, 0.2) is 59.1 Å². The number of aryl methyl sites for hydroxylation is 2. The maximum atomic E-state index is 5.43. The zero-order valence-electron chi connectivity index (χ0n) is 11.8. The van der Waals surface area contributed by atoms with Gasteiger partial charge in [-0.15, -0.1) is 0 Å². The molecule has 0 bridgehead atoms. The SMILES string of the molecule is Cc1ccc(Cc2cc(-c3ccc(C)cc3)no2)cc1. The van der Waals surface area contributed by atoms with E-state index in [1.807, 2.05) is 6.07 Å². The fraction of sp³-hybridized carbons (Fsp3) is 0.167. The van der Waals surface area contributed by atoms with Crippen LogP contribution in [0.1, 0.15) is 22.5 Å². The van der Waals surface area contributed by atoms with Crippen LogP contribution in [0.4, 0.5) is 0 Å². The lowest BCUT2D eigenvalue weighted by molar-refractivity contribution is 0.391. The van der Waals surface area contributed by atoms with Gasteiger partial charge >= 0.3 is 0 Å². The third-order valence-electron chi connectivity index (χ3n) is 3.41. The first-order valence-corrected chi connectivity index (χ1v) is 6.79. The highest BCUT2D eigenvalue weighted by atomic mass is 16.5. The minimum atomic E-state index is 0.777. The lowest BCUT2D eigenvalue weighted by Gasteiger charge is -1.97. The molecule has 0 spiro atoms. The Balaban J connectivity index is 1.80. The summed E-state index contributed by atoms with van der Waals surface area (Å²) < 4.78 is 5.43. The molecular formula is C18H17NO. The van der Waals surface area contributed by atoms with Crippen LogP contribution in [0.2, 0.25) is 0 Å². The molecule has 0 fully saturated rings. The Morgan fingerprint density at radius 3 is 2.10 bits per heavy atom. The molecule has 0 amide bonds. The van der Waals surface area contributed by atoms with Crippen molar-refractivity contribution in [3.05, 3.63) is 77.0 Å². The standard InChI is InChI=1S/C18H17NO/c1-13-3-7-15(8-4-13)11-17-12-18(19-20-17)16-9-5-14(2)6-10-16/h3-10,12H,11H2,1-2H3. The van der Waals surface area contributed by atoms with Crippen molar-refractivity contribution in [2.24, 2.45) is 0 Å². The van der Waals surface area contributed by atoms with E-state index in [1.54, 1.807) is 0 Å². The van der Waals surface area contributed by atoms with Gasteiger partial charge in [-0.25, -0.2) is 0 Å². The van der Waals surface area contributed by atoms with E-state index >= 15 is 0 Å². The monoisotopic (exact) mass is 263 g/mol. The Labute approximate surface area is 119 Å². The van der Waals surface area contributed by atoms with Gasteiger partial charge in [0.15, 0.2) is 0 Å². The molecule has 100 valence electrons. The number of nitrogens with zero attached hydrogens (tertiary/aromatic N) is 1. The lowest BCUT2D eigenvalue weighted by atomic mass is 10.1. The normalized spacial score (nSPS) is 10.7. The molecule has 0 saturated heterocycles. The molecule has 2 heteroatoms. The summed E-state index contributed by atoms with van der Waals surface area (Å²) in [5.74, 6) is 0.893. The minimum absolute atomic E-state index is 0.777. The van der Waals surface area contributed by atoms with Gasteiger partial charge < -0.3 is 4.52 Å². The lowest BCUT2D eigenvalue weighted by Crippen LogP contribution is -1.85. The number of hydrogen-bond donors (Lipinski definition) is 0. The fourth-order valence-corrected chi connectivity index (χ4v) is 2.16. The van der Waals surface area contributed by atoms with Crippen LogP contribution in [0.25, 0.3) is 11.3 Å². The molecule has 0 aliphatic carbocycles. The first-order valence-electron chi connectivity index (χ1n) is 6.79. The zero-order valence-corrected chi connectivity index (χ0v) is 11.8. The summed E-state index contributed by atoms with van der Waals surface area (Å²) >= 11 is 0. The van der Waals surface area contributed by atoms with Crippen LogP contribution in [-0.4, -0.2) is 5.16 Å². The average Bonchev–Trinajstić information content (AvgIpc) is 2.91. The topological polar surface area (TPSA) is 26.0 Å². The van der Waals surface area contributed by atoms with Gasteiger partial charge in [0.1, 0.15) is 11.5 Å². The second-order valence-electron chi connectivity index (χ2n) is 5.21. The van der Waals surface area contributed by atoms with Gasteiger partial charge in [0.2, 0.25) is 0 Å². The van der Waals surface area contributed by atoms with E-state index in [1.165, 1.54) is 16.7 Å². The molecular weight excluding hydrogens is 246 g/mol. The van der Waals surface area contributed by atoms with Crippen LogP contribution in [0.5, 0.6) is 0 Å². The highest BCUT2D eigenvalue weighted by molar-refractivity contribution is 5.59. The van der Waals surface area contributed by atoms with Gasteiger partial charge in [-0.05, 0) is 19.4 Å². The Bertz CT molecular complexity index is 693. The maximum absolute atomic E-state index is 5.43. The Hall–Kier alpha value is -2.35.